The van der Waals surface area contributed by atoms with E-state index < -0.39 is 0 Å². The van der Waals surface area contributed by atoms with Crippen molar-refractivity contribution in [2.45, 2.75) is 39.5 Å². The van der Waals surface area contributed by atoms with E-state index in [1.54, 1.807) is 4.68 Å². The summed E-state index contributed by atoms with van der Waals surface area (Å²) < 4.78 is 1.78. The Bertz CT molecular complexity index is 1270. The van der Waals surface area contributed by atoms with E-state index >= 15 is 0 Å². The van der Waals surface area contributed by atoms with Crippen LogP contribution < -0.4 is 5.32 Å². The molecule has 0 bridgehead atoms. The van der Waals surface area contributed by atoms with E-state index in [1.807, 2.05) is 57.0 Å². The molecule has 0 spiro atoms. The minimum Gasteiger partial charge on any atom is -0.336 e. The van der Waals surface area contributed by atoms with Crippen LogP contribution in [-0.4, -0.2) is 69.1 Å². The van der Waals surface area contributed by atoms with E-state index in [-0.39, 0.29) is 11.8 Å². The number of pyridine rings is 1. The predicted molar refractivity (Wildman–Crippen MR) is 132 cm³/mol. The van der Waals surface area contributed by atoms with Crippen molar-refractivity contribution in [3.05, 3.63) is 52.3 Å². The van der Waals surface area contributed by atoms with Gasteiger partial charge in [-0.25, -0.2) is 4.98 Å². The van der Waals surface area contributed by atoms with Crippen molar-refractivity contribution in [3.8, 4) is 0 Å². The van der Waals surface area contributed by atoms with Crippen LogP contribution in [0.5, 0.6) is 0 Å². The molecule has 0 unspecified atom stereocenters. The van der Waals surface area contributed by atoms with Crippen molar-refractivity contribution >= 4 is 28.5 Å². The monoisotopic (exact) mass is 460 g/mol. The van der Waals surface area contributed by atoms with Crippen LogP contribution in [0.1, 0.15) is 51.6 Å². The highest BCUT2D eigenvalue weighted by molar-refractivity contribution is 6.06. The number of fused-ring (bicyclic) bond motifs is 1. The Labute approximate surface area is 199 Å². The molecule has 2 aliphatic rings. The highest BCUT2D eigenvalue weighted by Gasteiger charge is 2.31. The Morgan fingerprint density at radius 3 is 2.53 bits per heavy atom. The van der Waals surface area contributed by atoms with Crippen LogP contribution in [0.15, 0.2) is 24.3 Å². The third-order valence-electron chi connectivity index (χ3n) is 7.12. The number of nitrogens with one attached hydrogen (secondary N) is 1. The first-order chi connectivity index (χ1) is 16.3. The lowest BCUT2D eigenvalue weighted by atomic mass is 10.1. The van der Waals surface area contributed by atoms with Gasteiger partial charge in [-0.15, -0.1) is 0 Å². The number of piperazine rings is 1. The van der Waals surface area contributed by atoms with Gasteiger partial charge in [0.05, 0.1) is 23.2 Å². The summed E-state index contributed by atoms with van der Waals surface area (Å²) in [6, 6.07) is 7.92. The van der Waals surface area contributed by atoms with Crippen LogP contribution in [0.25, 0.3) is 11.0 Å². The first-order valence-corrected chi connectivity index (χ1v) is 12.0. The maximum atomic E-state index is 13.6. The molecule has 178 valence electrons. The van der Waals surface area contributed by atoms with Crippen molar-refractivity contribution in [1.82, 2.24) is 24.6 Å². The number of hydrogen-bond donors (Lipinski definition) is 1. The summed E-state index contributed by atoms with van der Waals surface area (Å²) in [5, 5.41) is 8.41. The first-order valence-electron chi connectivity index (χ1n) is 12.0. The van der Waals surface area contributed by atoms with Crippen LogP contribution in [0.2, 0.25) is 0 Å². The molecule has 8 heteroatoms. The molecule has 0 atom stereocenters. The minimum atomic E-state index is -0.0237. The van der Waals surface area contributed by atoms with Crippen LogP contribution >= 0.6 is 0 Å². The number of carbonyl (C=O) groups is 2. The Morgan fingerprint density at radius 1 is 1.09 bits per heavy atom. The molecule has 3 aromatic rings. The lowest BCUT2D eigenvalue weighted by Gasteiger charge is -2.34. The fourth-order valence-electron chi connectivity index (χ4n) is 4.78. The maximum absolute atomic E-state index is 13.6. The summed E-state index contributed by atoms with van der Waals surface area (Å²) in [5.74, 6) is 0.466. The Balaban J connectivity index is 1.25. The zero-order valence-corrected chi connectivity index (χ0v) is 20.4. The molecule has 1 aliphatic carbocycles. The predicted octanol–water partition coefficient (Wildman–Crippen LogP) is 3.17. The van der Waals surface area contributed by atoms with E-state index in [4.69, 9.17) is 4.98 Å². The lowest BCUT2D eigenvalue weighted by Crippen LogP contribution is -2.50. The van der Waals surface area contributed by atoms with Gasteiger partial charge in [0.25, 0.3) is 5.91 Å². The van der Waals surface area contributed by atoms with Gasteiger partial charge in [0.2, 0.25) is 5.91 Å². The van der Waals surface area contributed by atoms with Gasteiger partial charge in [0.1, 0.15) is 0 Å². The molecule has 3 heterocycles. The number of rotatable bonds is 5. The molecule has 1 N–H and O–H groups in total. The molecule has 1 saturated heterocycles. The van der Waals surface area contributed by atoms with Gasteiger partial charge in [-0.1, -0.05) is 12.1 Å². The van der Waals surface area contributed by atoms with Crippen LogP contribution in [0, 0.1) is 20.8 Å². The number of anilines is 1. The standard InChI is InChI=1S/C26H32N6O2/c1-16-6-5-7-21(17(16)2)27-23(33)15-31-10-12-32(13-11-31)26(34)20-14-22(19-8-9-19)28-25-24(20)18(3)29-30(25)4/h5-7,14,19H,8-13,15H2,1-4H3,(H,27,33). The van der Waals surface area contributed by atoms with E-state index in [0.29, 0.717) is 44.2 Å². The average Bonchev–Trinajstić information content (AvgIpc) is 3.62. The average molecular weight is 461 g/mol. The zero-order valence-electron chi connectivity index (χ0n) is 20.4. The van der Waals surface area contributed by atoms with Crippen LogP contribution in [0.4, 0.5) is 5.69 Å². The van der Waals surface area contributed by atoms with Crippen molar-refractivity contribution < 1.29 is 9.59 Å². The molecule has 1 saturated carbocycles. The first kappa shape index (κ1) is 22.5. The van der Waals surface area contributed by atoms with E-state index in [0.717, 1.165) is 52.1 Å². The van der Waals surface area contributed by atoms with Gasteiger partial charge >= 0.3 is 0 Å². The Hall–Kier alpha value is -3.26. The fraction of sp³-hybridized carbons (Fsp3) is 0.462. The normalized spacial score (nSPS) is 16.8. The van der Waals surface area contributed by atoms with E-state index in [1.165, 1.54) is 0 Å². The zero-order chi connectivity index (χ0) is 24.0. The molecule has 0 radical (unpaired) electrons. The topological polar surface area (TPSA) is 83.4 Å². The van der Waals surface area contributed by atoms with Crippen molar-refractivity contribution in [2.24, 2.45) is 7.05 Å². The second kappa shape index (κ2) is 8.83. The van der Waals surface area contributed by atoms with Crippen molar-refractivity contribution in [2.75, 3.05) is 38.0 Å². The van der Waals surface area contributed by atoms with Crippen molar-refractivity contribution in [3.63, 3.8) is 0 Å². The number of amides is 2. The summed E-state index contributed by atoms with van der Waals surface area (Å²) in [6.07, 6.45) is 2.26. The second-order valence-corrected chi connectivity index (χ2v) is 9.64. The number of carbonyl (C=O) groups excluding carboxylic acids is 2. The van der Waals surface area contributed by atoms with E-state index in [9.17, 15) is 9.59 Å². The molecule has 34 heavy (non-hydrogen) atoms. The van der Waals surface area contributed by atoms with Gasteiger partial charge in [-0.2, -0.15) is 5.10 Å². The number of benzene rings is 1. The Morgan fingerprint density at radius 2 is 1.82 bits per heavy atom. The summed E-state index contributed by atoms with van der Waals surface area (Å²) in [5.41, 5.74) is 6.43. The highest BCUT2D eigenvalue weighted by Crippen LogP contribution is 2.40. The molecule has 2 fully saturated rings. The maximum Gasteiger partial charge on any atom is 0.254 e. The summed E-state index contributed by atoms with van der Waals surface area (Å²) in [7, 11) is 1.88. The summed E-state index contributed by atoms with van der Waals surface area (Å²) in [4.78, 5) is 35.0. The number of aromatic nitrogens is 3. The van der Waals surface area contributed by atoms with Crippen molar-refractivity contribution in [1.29, 1.82) is 0 Å². The molecule has 2 amide bonds. The molecule has 8 nitrogen and oxygen atoms in total. The molecular weight excluding hydrogens is 428 g/mol. The molecule has 1 aromatic carbocycles. The SMILES string of the molecule is Cc1cccc(NC(=O)CN2CCN(C(=O)c3cc(C4CC4)nc4c3c(C)nn4C)CC2)c1C. The Kier molecular flexibility index (Phi) is 5.85. The van der Waals surface area contributed by atoms with E-state index in [2.05, 4.69) is 15.3 Å². The van der Waals surface area contributed by atoms with Gasteiger partial charge < -0.3 is 10.2 Å². The number of nitrogens with zero attached hydrogens (tertiary/aromatic N) is 5. The molecular formula is C26H32N6O2. The van der Waals surface area contributed by atoms with Gasteiger partial charge in [0.15, 0.2) is 5.65 Å². The van der Waals surface area contributed by atoms with Gasteiger partial charge in [-0.3, -0.25) is 19.2 Å². The van der Waals surface area contributed by atoms with Gasteiger partial charge in [0, 0.05) is 50.5 Å². The summed E-state index contributed by atoms with van der Waals surface area (Å²) >= 11 is 0. The lowest BCUT2D eigenvalue weighted by molar-refractivity contribution is -0.117. The summed E-state index contributed by atoms with van der Waals surface area (Å²) in [6.45, 7) is 8.84. The van der Waals surface area contributed by atoms with Gasteiger partial charge in [-0.05, 0) is 56.9 Å². The largest absolute Gasteiger partial charge is 0.336 e. The highest BCUT2D eigenvalue weighted by atomic mass is 16.2. The number of hydrogen-bond acceptors (Lipinski definition) is 5. The number of aryl methyl sites for hydroxylation is 3. The quantitative estimate of drug-likeness (QED) is 0.632. The molecule has 1 aliphatic heterocycles. The second-order valence-electron chi connectivity index (χ2n) is 9.64. The smallest absolute Gasteiger partial charge is 0.254 e. The minimum absolute atomic E-state index is 0.0237. The van der Waals surface area contributed by atoms with Crippen LogP contribution in [0.3, 0.4) is 0 Å². The van der Waals surface area contributed by atoms with Crippen LogP contribution in [-0.2, 0) is 11.8 Å². The fourth-order valence-corrected chi connectivity index (χ4v) is 4.78. The molecule has 2 aromatic heterocycles. The molecule has 5 rings (SSSR count). The third kappa shape index (κ3) is 4.30. The third-order valence-corrected chi connectivity index (χ3v) is 7.12.